The van der Waals surface area contributed by atoms with E-state index in [9.17, 15) is 4.79 Å². The molecule has 0 spiro atoms. The minimum atomic E-state index is -0.183. The molecule has 3 nitrogen and oxygen atoms in total. The number of nitrogens with one attached hydrogen (secondary N) is 2. The van der Waals surface area contributed by atoms with Crippen molar-refractivity contribution in [2.24, 2.45) is 0 Å². The second kappa shape index (κ2) is 6.65. The molecule has 0 aliphatic rings. The van der Waals surface area contributed by atoms with Crippen molar-refractivity contribution >= 4 is 11.7 Å². The Morgan fingerprint density at radius 3 is 2.27 bits per heavy atom. The third-order valence-electron chi connectivity index (χ3n) is 3.56. The van der Waals surface area contributed by atoms with Crippen molar-refractivity contribution in [2.45, 2.75) is 39.7 Å². The van der Waals surface area contributed by atoms with Crippen LogP contribution in [0.5, 0.6) is 0 Å². The molecule has 0 saturated heterocycles. The first-order valence-electron chi connectivity index (χ1n) is 7.56. The lowest BCUT2D eigenvalue weighted by molar-refractivity contribution is 0.251. The van der Waals surface area contributed by atoms with E-state index in [1.165, 1.54) is 5.56 Å². The number of carbonyl (C=O) groups is 1. The smallest absolute Gasteiger partial charge is 0.319 e. The van der Waals surface area contributed by atoms with Crippen molar-refractivity contribution in [3.8, 4) is 0 Å². The summed E-state index contributed by atoms with van der Waals surface area (Å²) in [5, 5.41) is 5.84. The fourth-order valence-electron chi connectivity index (χ4n) is 2.30. The standard InChI is InChI=1S/C19H24N2O/c1-14-9-11-15(12-10-14)13-20-18(22)21-17-8-6-5-7-16(17)19(2,3)4/h5-12H,13H2,1-4H3,(H2,20,21,22). The lowest BCUT2D eigenvalue weighted by Crippen LogP contribution is -2.29. The van der Waals surface area contributed by atoms with Gasteiger partial charge in [-0.2, -0.15) is 0 Å². The van der Waals surface area contributed by atoms with Crippen LogP contribution in [0.3, 0.4) is 0 Å². The average Bonchev–Trinajstić information content (AvgIpc) is 2.46. The number of aryl methyl sites for hydroxylation is 1. The van der Waals surface area contributed by atoms with Crippen LogP contribution in [0.15, 0.2) is 48.5 Å². The maximum Gasteiger partial charge on any atom is 0.319 e. The Morgan fingerprint density at radius 2 is 1.64 bits per heavy atom. The van der Waals surface area contributed by atoms with Gasteiger partial charge in [0.15, 0.2) is 0 Å². The lowest BCUT2D eigenvalue weighted by Gasteiger charge is -2.23. The van der Waals surface area contributed by atoms with Crippen LogP contribution in [0.2, 0.25) is 0 Å². The van der Waals surface area contributed by atoms with Gasteiger partial charge in [0.1, 0.15) is 0 Å². The number of para-hydroxylation sites is 1. The molecule has 2 amide bonds. The van der Waals surface area contributed by atoms with Crippen molar-refractivity contribution in [2.75, 3.05) is 5.32 Å². The molecule has 22 heavy (non-hydrogen) atoms. The van der Waals surface area contributed by atoms with Crippen molar-refractivity contribution < 1.29 is 4.79 Å². The highest BCUT2D eigenvalue weighted by Gasteiger charge is 2.18. The average molecular weight is 296 g/mol. The van der Waals surface area contributed by atoms with Gasteiger partial charge < -0.3 is 10.6 Å². The maximum absolute atomic E-state index is 12.1. The van der Waals surface area contributed by atoms with E-state index in [0.29, 0.717) is 6.54 Å². The molecule has 0 aromatic heterocycles. The third kappa shape index (κ3) is 4.35. The van der Waals surface area contributed by atoms with Gasteiger partial charge in [-0.25, -0.2) is 4.79 Å². The molecule has 2 N–H and O–H groups in total. The number of benzene rings is 2. The lowest BCUT2D eigenvalue weighted by atomic mass is 9.86. The van der Waals surface area contributed by atoms with E-state index in [4.69, 9.17) is 0 Å². The molecule has 0 fully saturated rings. The van der Waals surface area contributed by atoms with E-state index < -0.39 is 0 Å². The fourth-order valence-corrected chi connectivity index (χ4v) is 2.30. The van der Waals surface area contributed by atoms with Crippen LogP contribution < -0.4 is 10.6 Å². The van der Waals surface area contributed by atoms with Gasteiger partial charge in [0, 0.05) is 12.2 Å². The van der Waals surface area contributed by atoms with Crippen LogP contribution in [0.4, 0.5) is 10.5 Å². The first-order chi connectivity index (χ1) is 10.4. The molecule has 0 bridgehead atoms. The number of hydrogen-bond acceptors (Lipinski definition) is 1. The summed E-state index contributed by atoms with van der Waals surface area (Å²) in [4.78, 5) is 12.1. The minimum absolute atomic E-state index is 0.0131. The zero-order valence-corrected chi connectivity index (χ0v) is 13.7. The van der Waals surface area contributed by atoms with Gasteiger partial charge in [-0.05, 0) is 29.5 Å². The molecule has 3 heteroatoms. The van der Waals surface area contributed by atoms with Gasteiger partial charge in [0.25, 0.3) is 0 Å². The second-order valence-electron chi connectivity index (χ2n) is 6.59. The van der Waals surface area contributed by atoms with E-state index in [0.717, 1.165) is 16.8 Å². The number of hydrogen-bond donors (Lipinski definition) is 2. The first kappa shape index (κ1) is 16.1. The topological polar surface area (TPSA) is 41.1 Å². The molecule has 0 saturated carbocycles. The van der Waals surface area contributed by atoms with Gasteiger partial charge in [-0.1, -0.05) is 68.8 Å². The van der Waals surface area contributed by atoms with Crippen LogP contribution in [-0.2, 0) is 12.0 Å². The fraction of sp³-hybridized carbons (Fsp3) is 0.316. The third-order valence-corrected chi connectivity index (χ3v) is 3.56. The Hall–Kier alpha value is -2.29. The highest BCUT2D eigenvalue weighted by Crippen LogP contribution is 2.29. The Labute approximate surface area is 132 Å². The van der Waals surface area contributed by atoms with Gasteiger partial charge in [0.2, 0.25) is 0 Å². The van der Waals surface area contributed by atoms with E-state index in [1.807, 2.05) is 49.4 Å². The maximum atomic E-state index is 12.1. The SMILES string of the molecule is Cc1ccc(CNC(=O)Nc2ccccc2C(C)(C)C)cc1. The van der Waals surface area contributed by atoms with Gasteiger partial charge in [0.05, 0.1) is 0 Å². The number of amides is 2. The Morgan fingerprint density at radius 1 is 1.00 bits per heavy atom. The number of anilines is 1. The van der Waals surface area contributed by atoms with Crippen LogP contribution in [0.1, 0.15) is 37.5 Å². The molecule has 2 aromatic rings. The summed E-state index contributed by atoms with van der Waals surface area (Å²) >= 11 is 0. The van der Waals surface area contributed by atoms with Crippen LogP contribution in [0, 0.1) is 6.92 Å². The molecule has 0 radical (unpaired) electrons. The highest BCUT2D eigenvalue weighted by atomic mass is 16.2. The summed E-state index contributed by atoms with van der Waals surface area (Å²) in [7, 11) is 0. The first-order valence-corrected chi connectivity index (χ1v) is 7.56. The van der Waals surface area contributed by atoms with Crippen LogP contribution >= 0.6 is 0 Å². The van der Waals surface area contributed by atoms with Crippen LogP contribution in [-0.4, -0.2) is 6.03 Å². The monoisotopic (exact) mass is 296 g/mol. The second-order valence-corrected chi connectivity index (χ2v) is 6.59. The highest BCUT2D eigenvalue weighted by molar-refractivity contribution is 5.90. The van der Waals surface area contributed by atoms with Gasteiger partial charge in [-0.3, -0.25) is 0 Å². The summed E-state index contributed by atoms with van der Waals surface area (Å²) in [6.45, 7) is 8.98. The van der Waals surface area contributed by atoms with E-state index >= 15 is 0 Å². The Kier molecular flexibility index (Phi) is 4.86. The molecule has 0 aliphatic carbocycles. The molecular weight excluding hydrogens is 272 g/mol. The van der Waals surface area contributed by atoms with Crippen molar-refractivity contribution in [1.29, 1.82) is 0 Å². The largest absolute Gasteiger partial charge is 0.334 e. The number of carbonyl (C=O) groups excluding carboxylic acids is 1. The number of rotatable bonds is 3. The van der Waals surface area contributed by atoms with E-state index in [2.05, 4.69) is 37.5 Å². The Balaban J connectivity index is 1.99. The molecular formula is C19H24N2O. The van der Waals surface area contributed by atoms with E-state index in [1.54, 1.807) is 0 Å². The molecule has 0 atom stereocenters. The van der Waals surface area contributed by atoms with E-state index in [-0.39, 0.29) is 11.4 Å². The molecule has 2 aromatic carbocycles. The van der Waals surface area contributed by atoms with Crippen molar-refractivity contribution in [3.05, 3.63) is 65.2 Å². The normalized spacial score (nSPS) is 11.1. The minimum Gasteiger partial charge on any atom is -0.334 e. The van der Waals surface area contributed by atoms with Gasteiger partial charge >= 0.3 is 6.03 Å². The molecule has 0 unspecified atom stereocenters. The quantitative estimate of drug-likeness (QED) is 0.853. The molecule has 0 heterocycles. The summed E-state index contributed by atoms with van der Waals surface area (Å²) in [5.74, 6) is 0. The van der Waals surface area contributed by atoms with Crippen molar-refractivity contribution in [1.82, 2.24) is 5.32 Å². The molecule has 2 rings (SSSR count). The molecule has 116 valence electrons. The predicted molar refractivity (Wildman–Crippen MR) is 92.2 cm³/mol. The number of urea groups is 1. The zero-order valence-electron chi connectivity index (χ0n) is 13.7. The molecule has 0 aliphatic heterocycles. The predicted octanol–water partition coefficient (Wildman–Crippen LogP) is 4.61. The zero-order chi connectivity index (χ0) is 16.2. The summed E-state index contributed by atoms with van der Waals surface area (Å²) in [6, 6.07) is 15.9. The Bertz CT molecular complexity index is 639. The van der Waals surface area contributed by atoms with Crippen LogP contribution in [0.25, 0.3) is 0 Å². The summed E-state index contributed by atoms with van der Waals surface area (Å²) < 4.78 is 0. The summed E-state index contributed by atoms with van der Waals surface area (Å²) in [5.41, 5.74) is 4.27. The van der Waals surface area contributed by atoms with Gasteiger partial charge in [-0.15, -0.1) is 0 Å². The van der Waals surface area contributed by atoms with Crippen molar-refractivity contribution in [3.63, 3.8) is 0 Å². The summed E-state index contributed by atoms with van der Waals surface area (Å²) in [6.07, 6.45) is 0.